The van der Waals surface area contributed by atoms with Crippen LogP contribution in [-0.2, 0) is 10.2 Å². The topological polar surface area (TPSA) is 37.3 Å². The lowest BCUT2D eigenvalue weighted by Crippen LogP contribution is -2.34. The molecule has 2 aromatic carbocycles. The number of aliphatic carboxylic acids is 1. The molecule has 2 aromatic rings. The van der Waals surface area contributed by atoms with Gasteiger partial charge >= 0.3 is 5.97 Å². The zero-order chi connectivity index (χ0) is 15.5. The number of carbonyl (C=O) groups is 1. The summed E-state index contributed by atoms with van der Waals surface area (Å²) in [7, 11) is 0. The summed E-state index contributed by atoms with van der Waals surface area (Å²) in [5, 5.41) is 9.53. The molecule has 21 heavy (non-hydrogen) atoms. The molecule has 0 saturated carbocycles. The van der Waals surface area contributed by atoms with E-state index in [9.17, 15) is 14.3 Å². The van der Waals surface area contributed by atoms with E-state index in [-0.39, 0.29) is 5.82 Å². The van der Waals surface area contributed by atoms with Crippen molar-refractivity contribution in [2.75, 3.05) is 0 Å². The molecule has 0 aliphatic heterocycles. The molecule has 0 saturated heterocycles. The van der Waals surface area contributed by atoms with E-state index in [2.05, 4.69) is 0 Å². The van der Waals surface area contributed by atoms with Crippen LogP contribution in [0.3, 0.4) is 0 Å². The van der Waals surface area contributed by atoms with Crippen molar-refractivity contribution >= 4 is 5.97 Å². The summed E-state index contributed by atoms with van der Waals surface area (Å²) >= 11 is 0. The summed E-state index contributed by atoms with van der Waals surface area (Å²) in [6, 6.07) is 14.0. The normalized spacial score (nSPS) is 11.4. The minimum absolute atomic E-state index is 0.383. The molecule has 0 radical (unpaired) electrons. The second-order valence-electron chi connectivity index (χ2n) is 5.16. The van der Waals surface area contributed by atoms with Gasteiger partial charge in [-0.25, -0.2) is 4.39 Å². The Balaban J connectivity index is 2.51. The molecule has 1 N–H and O–H groups in total. The van der Waals surface area contributed by atoms with Crippen molar-refractivity contribution in [3.63, 3.8) is 0 Å². The Morgan fingerprint density at radius 1 is 1.10 bits per heavy atom. The number of rotatable bonds is 5. The number of hydrogen-bond acceptors (Lipinski definition) is 1. The van der Waals surface area contributed by atoms with Crippen LogP contribution in [0.15, 0.2) is 48.5 Å². The average Bonchev–Trinajstić information content (AvgIpc) is 2.50. The molecule has 2 nitrogen and oxygen atoms in total. The molecule has 0 atom stereocenters. The van der Waals surface area contributed by atoms with Crippen molar-refractivity contribution in [3.8, 4) is 11.1 Å². The van der Waals surface area contributed by atoms with Crippen molar-refractivity contribution in [2.45, 2.75) is 32.1 Å². The summed E-state index contributed by atoms with van der Waals surface area (Å²) in [4.78, 5) is 11.6. The Morgan fingerprint density at radius 2 is 1.71 bits per heavy atom. The van der Waals surface area contributed by atoms with E-state index < -0.39 is 11.4 Å². The number of carboxylic acids is 1. The second-order valence-corrected chi connectivity index (χ2v) is 5.16. The first kappa shape index (κ1) is 15.2. The molecule has 0 amide bonds. The lowest BCUT2D eigenvalue weighted by molar-refractivity contribution is -0.144. The zero-order valence-electron chi connectivity index (χ0n) is 12.3. The first-order valence-electron chi connectivity index (χ1n) is 7.14. The molecule has 0 aliphatic rings. The second kappa shape index (κ2) is 6.08. The van der Waals surface area contributed by atoms with Crippen molar-refractivity contribution < 1.29 is 14.3 Å². The smallest absolute Gasteiger partial charge is 0.314 e. The van der Waals surface area contributed by atoms with Gasteiger partial charge in [0.15, 0.2) is 0 Å². The Labute approximate surface area is 124 Å². The van der Waals surface area contributed by atoms with E-state index in [4.69, 9.17) is 0 Å². The Hall–Kier alpha value is -2.16. The molecule has 0 bridgehead atoms. The maximum atomic E-state index is 14.4. The van der Waals surface area contributed by atoms with Gasteiger partial charge in [0.05, 0.1) is 5.41 Å². The third kappa shape index (κ3) is 2.68. The van der Waals surface area contributed by atoms with E-state index in [1.54, 1.807) is 12.1 Å². The SMILES string of the molecule is CCC(CC)(C(=O)O)c1ccc(-c2ccccc2)c(F)c1. The van der Waals surface area contributed by atoms with E-state index >= 15 is 0 Å². The molecule has 0 fully saturated rings. The van der Waals surface area contributed by atoms with E-state index in [1.165, 1.54) is 6.07 Å². The molecule has 0 aliphatic carbocycles. The molecule has 2 rings (SSSR count). The highest BCUT2D eigenvalue weighted by molar-refractivity contribution is 5.81. The first-order valence-corrected chi connectivity index (χ1v) is 7.14. The van der Waals surface area contributed by atoms with Gasteiger partial charge in [-0.2, -0.15) is 0 Å². The highest BCUT2D eigenvalue weighted by atomic mass is 19.1. The maximum absolute atomic E-state index is 14.4. The summed E-state index contributed by atoms with van der Waals surface area (Å²) < 4.78 is 14.4. The van der Waals surface area contributed by atoms with Gasteiger partial charge in [0, 0.05) is 5.56 Å². The van der Waals surface area contributed by atoms with Crippen LogP contribution < -0.4 is 0 Å². The van der Waals surface area contributed by atoms with Crippen LogP contribution in [0.2, 0.25) is 0 Å². The lowest BCUT2D eigenvalue weighted by Gasteiger charge is -2.27. The Morgan fingerprint density at radius 3 is 2.19 bits per heavy atom. The van der Waals surface area contributed by atoms with Crippen LogP contribution in [0.1, 0.15) is 32.3 Å². The van der Waals surface area contributed by atoms with Crippen LogP contribution >= 0.6 is 0 Å². The first-order chi connectivity index (χ1) is 10.0. The Kier molecular flexibility index (Phi) is 4.41. The van der Waals surface area contributed by atoms with Crippen LogP contribution in [0.25, 0.3) is 11.1 Å². The van der Waals surface area contributed by atoms with Crippen molar-refractivity contribution in [1.82, 2.24) is 0 Å². The van der Waals surface area contributed by atoms with Crippen molar-refractivity contribution in [3.05, 3.63) is 59.9 Å². The fraction of sp³-hybridized carbons (Fsp3) is 0.278. The van der Waals surface area contributed by atoms with Gasteiger partial charge in [0.2, 0.25) is 0 Å². The summed E-state index contributed by atoms with van der Waals surface area (Å²) in [6.07, 6.45) is 0.867. The third-order valence-corrected chi connectivity index (χ3v) is 4.22. The van der Waals surface area contributed by atoms with Crippen molar-refractivity contribution in [2.24, 2.45) is 0 Å². The summed E-state index contributed by atoms with van der Waals surface area (Å²) in [5.74, 6) is -1.29. The standard InChI is InChI=1S/C18H19FO2/c1-3-18(4-2,17(20)21)14-10-11-15(16(19)12-14)13-8-6-5-7-9-13/h5-12H,3-4H2,1-2H3,(H,20,21). The molecule has 0 aromatic heterocycles. The summed E-state index contributed by atoms with van der Waals surface area (Å²) in [6.45, 7) is 3.64. The van der Waals surface area contributed by atoms with Gasteiger partial charge in [-0.1, -0.05) is 56.3 Å². The van der Waals surface area contributed by atoms with E-state index in [0.29, 0.717) is 24.0 Å². The molecule has 0 unspecified atom stereocenters. The largest absolute Gasteiger partial charge is 0.481 e. The van der Waals surface area contributed by atoms with Gasteiger partial charge in [0.25, 0.3) is 0 Å². The van der Waals surface area contributed by atoms with Crippen molar-refractivity contribution in [1.29, 1.82) is 0 Å². The number of carboxylic acid groups (broad SMARTS) is 1. The quantitative estimate of drug-likeness (QED) is 0.869. The maximum Gasteiger partial charge on any atom is 0.314 e. The minimum Gasteiger partial charge on any atom is -0.481 e. The highest BCUT2D eigenvalue weighted by Crippen LogP contribution is 2.34. The highest BCUT2D eigenvalue weighted by Gasteiger charge is 2.37. The fourth-order valence-corrected chi connectivity index (χ4v) is 2.75. The molecular weight excluding hydrogens is 267 g/mol. The lowest BCUT2D eigenvalue weighted by atomic mass is 9.75. The molecule has 0 heterocycles. The zero-order valence-corrected chi connectivity index (χ0v) is 12.3. The molecular formula is C18H19FO2. The molecule has 110 valence electrons. The molecule has 0 spiro atoms. The van der Waals surface area contributed by atoms with E-state index in [0.717, 1.165) is 5.56 Å². The Bertz CT molecular complexity index is 631. The average molecular weight is 286 g/mol. The third-order valence-electron chi connectivity index (χ3n) is 4.22. The number of halogens is 1. The van der Waals surface area contributed by atoms with Gasteiger partial charge in [-0.15, -0.1) is 0 Å². The van der Waals surface area contributed by atoms with Gasteiger partial charge in [-0.3, -0.25) is 4.79 Å². The van der Waals surface area contributed by atoms with Gasteiger partial charge in [0.1, 0.15) is 5.82 Å². The van der Waals surface area contributed by atoms with Crippen LogP contribution in [0.5, 0.6) is 0 Å². The minimum atomic E-state index is -1.02. The predicted molar refractivity (Wildman–Crippen MR) is 81.7 cm³/mol. The number of hydrogen-bond donors (Lipinski definition) is 1. The fourth-order valence-electron chi connectivity index (χ4n) is 2.75. The van der Waals surface area contributed by atoms with Crippen LogP contribution in [-0.4, -0.2) is 11.1 Å². The number of benzene rings is 2. The monoisotopic (exact) mass is 286 g/mol. The van der Waals surface area contributed by atoms with Crippen LogP contribution in [0, 0.1) is 5.82 Å². The van der Waals surface area contributed by atoms with Crippen LogP contribution in [0.4, 0.5) is 4.39 Å². The predicted octanol–water partition coefficient (Wildman–Crippen LogP) is 4.64. The van der Waals surface area contributed by atoms with E-state index in [1.807, 2.05) is 44.2 Å². The van der Waals surface area contributed by atoms with Gasteiger partial charge in [-0.05, 0) is 30.0 Å². The van der Waals surface area contributed by atoms with Gasteiger partial charge < -0.3 is 5.11 Å². The summed E-state index contributed by atoms with van der Waals surface area (Å²) in [5.41, 5.74) is 0.786. The molecule has 3 heteroatoms.